The van der Waals surface area contributed by atoms with E-state index < -0.39 is 0 Å². The van der Waals surface area contributed by atoms with Gasteiger partial charge in [0, 0.05) is 44.3 Å². The first-order valence-electron chi connectivity index (χ1n) is 8.48. The number of anilines is 1. The molecule has 1 unspecified atom stereocenters. The van der Waals surface area contributed by atoms with Gasteiger partial charge >= 0.3 is 0 Å². The zero-order chi connectivity index (χ0) is 17.1. The Labute approximate surface area is 146 Å². The van der Waals surface area contributed by atoms with E-state index in [1.54, 1.807) is 18.5 Å². The molecule has 1 aliphatic rings. The molecule has 2 aromatic heterocycles. The maximum Gasteiger partial charge on any atom is 0.165 e. The van der Waals surface area contributed by atoms with Gasteiger partial charge in [-0.2, -0.15) is 5.10 Å². The van der Waals surface area contributed by atoms with Crippen LogP contribution >= 0.6 is 0 Å². The van der Waals surface area contributed by atoms with E-state index in [0.29, 0.717) is 11.9 Å². The van der Waals surface area contributed by atoms with Gasteiger partial charge in [-0.1, -0.05) is 18.2 Å². The highest BCUT2D eigenvalue weighted by atomic mass is 19.1. The van der Waals surface area contributed by atoms with Gasteiger partial charge in [-0.15, -0.1) is 0 Å². The predicted octanol–water partition coefficient (Wildman–Crippen LogP) is 2.77. The Morgan fingerprint density at radius 2 is 2.04 bits per heavy atom. The van der Waals surface area contributed by atoms with Crippen molar-refractivity contribution in [1.82, 2.24) is 20.1 Å². The number of para-hydroxylation sites is 1. The van der Waals surface area contributed by atoms with Crippen LogP contribution in [0.2, 0.25) is 0 Å². The van der Waals surface area contributed by atoms with E-state index in [1.807, 2.05) is 34.0 Å². The van der Waals surface area contributed by atoms with Crippen LogP contribution in [0.3, 0.4) is 0 Å². The average molecular weight is 337 g/mol. The van der Waals surface area contributed by atoms with Crippen molar-refractivity contribution in [2.45, 2.75) is 19.0 Å². The molecule has 3 aromatic rings. The van der Waals surface area contributed by atoms with Gasteiger partial charge in [0.15, 0.2) is 11.6 Å². The maximum atomic E-state index is 13.9. The Balaban J connectivity index is 1.41. The second kappa shape index (κ2) is 7.03. The summed E-state index contributed by atoms with van der Waals surface area (Å²) in [4.78, 5) is 6.18. The van der Waals surface area contributed by atoms with Crippen LogP contribution in [0.15, 0.2) is 61.1 Å². The molecule has 1 aliphatic heterocycles. The van der Waals surface area contributed by atoms with Crippen LogP contribution < -0.4 is 10.2 Å². The van der Waals surface area contributed by atoms with Crippen molar-refractivity contribution in [2.75, 3.05) is 18.0 Å². The summed E-state index contributed by atoms with van der Waals surface area (Å²) in [5, 5.41) is 7.91. The SMILES string of the molecule is Fc1cccnc1N1CCC(NCc2ccccc2-n2cccn2)C1. The standard InChI is InChI=1S/C19H20FN5/c20-17-6-3-9-21-19(17)24-12-8-16(14-24)22-13-15-5-1-2-7-18(15)25-11-4-10-23-25/h1-7,9-11,16,22H,8,12-14H2. The molecule has 0 radical (unpaired) electrons. The maximum absolute atomic E-state index is 13.9. The lowest BCUT2D eigenvalue weighted by Gasteiger charge is -2.19. The predicted molar refractivity (Wildman–Crippen MR) is 95.2 cm³/mol. The first-order valence-corrected chi connectivity index (χ1v) is 8.48. The third kappa shape index (κ3) is 3.39. The lowest BCUT2D eigenvalue weighted by Crippen LogP contribution is -2.32. The third-order valence-electron chi connectivity index (χ3n) is 4.55. The molecule has 3 heterocycles. The molecule has 1 saturated heterocycles. The molecule has 0 amide bonds. The van der Waals surface area contributed by atoms with Gasteiger partial charge in [0.1, 0.15) is 0 Å². The van der Waals surface area contributed by atoms with Gasteiger partial charge in [-0.25, -0.2) is 14.1 Å². The fourth-order valence-corrected chi connectivity index (χ4v) is 3.28. The number of benzene rings is 1. The van der Waals surface area contributed by atoms with E-state index in [0.717, 1.165) is 31.7 Å². The topological polar surface area (TPSA) is 46.0 Å². The molecule has 1 atom stereocenters. The summed E-state index contributed by atoms with van der Waals surface area (Å²) in [7, 11) is 0. The Bertz CT molecular complexity index is 833. The highest BCUT2D eigenvalue weighted by Gasteiger charge is 2.25. The van der Waals surface area contributed by atoms with Crippen LogP contribution in [0.1, 0.15) is 12.0 Å². The Morgan fingerprint density at radius 3 is 2.88 bits per heavy atom. The van der Waals surface area contributed by atoms with Crippen molar-refractivity contribution in [3.63, 3.8) is 0 Å². The Kier molecular flexibility index (Phi) is 4.43. The number of nitrogens with one attached hydrogen (secondary N) is 1. The minimum atomic E-state index is -0.257. The van der Waals surface area contributed by atoms with Gasteiger partial charge in [-0.3, -0.25) is 0 Å². The monoisotopic (exact) mass is 337 g/mol. The quantitative estimate of drug-likeness (QED) is 0.778. The molecule has 4 rings (SSSR count). The average Bonchev–Trinajstić information content (AvgIpc) is 3.33. The van der Waals surface area contributed by atoms with Crippen LogP contribution in [0.25, 0.3) is 5.69 Å². The van der Waals surface area contributed by atoms with Crippen LogP contribution in [-0.4, -0.2) is 33.9 Å². The molecule has 5 nitrogen and oxygen atoms in total. The first kappa shape index (κ1) is 15.8. The molecule has 1 fully saturated rings. The molecule has 25 heavy (non-hydrogen) atoms. The molecule has 0 spiro atoms. The van der Waals surface area contributed by atoms with Crippen LogP contribution in [0, 0.1) is 5.82 Å². The van der Waals surface area contributed by atoms with Crippen molar-refractivity contribution in [3.05, 3.63) is 72.4 Å². The molecule has 0 bridgehead atoms. The van der Waals surface area contributed by atoms with Gasteiger partial charge in [-0.05, 0) is 36.2 Å². The van der Waals surface area contributed by atoms with Crippen molar-refractivity contribution in [1.29, 1.82) is 0 Å². The lowest BCUT2D eigenvalue weighted by atomic mass is 10.1. The summed E-state index contributed by atoms with van der Waals surface area (Å²) in [5.41, 5.74) is 2.26. The fourth-order valence-electron chi connectivity index (χ4n) is 3.28. The van der Waals surface area contributed by atoms with Crippen molar-refractivity contribution in [3.8, 4) is 5.69 Å². The molecule has 128 valence electrons. The summed E-state index contributed by atoms with van der Waals surface area (Å²) in [5.74, 6) is 0.191. The number of hydrogen-bond acceptors (Lipinski definition) is 4. The largest absolute Gasteiger partial charge is 0.353 e. The minimum Gasteiger partial charge on any atom is -0.353 e. The molecule has 1 N–H and O–H groups in total. The normalized spacial score (nSPS) is 17.2. The summed E-state index contributed by atoms with van der Waals surface area (Å²) >= 11 is 0. The second-order valence-corrected chi connectivity index (χ2v) is 6.20. The number of nitrogens with zero attached hydrogens (tertiary/aromatic N) is 4. The molecular formula is C19H20FN5. The third-order valence-corrected chi connectivity index (χ3v) is 4.55. The number of rotatable bonds is 5. The van der Waals surface area contributed by atoms with Gasteiger partial charge in [0.25, 0.3) is 0 Å². The number of pyridine rings is 1. The van der Waals surface area contributed by atoms with E-state index in [9.17, 15) is 4.39 Å². The zero-order valence-electron chi connectivity index (χ0n) is 13.8. The van der Waals surface area contributed by atoms with Gasteiger partial charge < -0.3 is 10.2 Å². The fraction of sp³-hybridized carbons (Fsp3) is 0.263. The molecular weight excluding hydrogens is 317 g/mol. The summed E-state index contributed by atoms with van der Waals surface area (Å²) in [6.45, 7) is 2.32. The first-order chi connectivity index (χ1) is 12.3. The molecule has 0 aliphatic carbocycles. The van der Waals surface area contributed by atoms with Crippen molar-refractivity contribution >= 4 is 5.82 Å². The van der Waals surface area contributed by atoms with E-state index in [4.69, 9.17) is 0 Å². The highest BCUT2D eigenvalue weighted by Crippen LogP contribution is 2.21. The van der Waals surface area contributed by atoms with Crippen LogP contribution in [-0.2, 0) is 6.54 Å². The van der Waals surface area contributed by atoms with Crippen molar-refractivity contribution in [2.24, 2.45) is 0 Å². The smallest absolute Gasteiger partial charge is 0.165 e. The van der Waals surface area contributed by atoms with Crippen molar-refractivity contribution < 1.29 is 4.39 Å². The van der Waals surface area contributed by atoms with E-state index >= 15 is 0 Å². The summed E-state index contributed by atoms with van der Waals surface area (Å²) in [6.07, 6.45) is 6.33. The lowest BCUT2D eigenvalue weighted by molar-refractivity contribution is 0.548. The van der Waals surface area contributed by atoms with Crippen LogP contribution in [0.4, 0.5) is 10.2 Å². The Hall–Kier alpha value is -2.73. The highest BCUT2D eigenvalue weighted by molar-refractivity contribution is 5.42. The number of hydrogen-bond donors (Lipinski definition) is 1. The number of aromatic nitrogens is 3. The Morgan fingerprint density at radius 1 is 1.12 bits per heavy atom. The zero-order valence-corrected chi connectivity index (χ0v) is 13.8. The van der Waals surface area contributed by atoms with E-state index in [1.165, 1.54) is 11.6 Å². The summed E-state index contributed by atoms with van der Waals surface area (Å²) < 4.78 is 15.8. The van der Waals surface area contributed by atoms with Gasteiger partial charge in [0.2, 0.25) is 0 Å². The van der Waals surface area contributed by atoms with E-state index in [2.05, 4.69) is 27.5 Å². The second-order valence-electron chi connectivity index (χ2n) is 6.20. The molecule has 0 saturated carbocycles. The minimum absolute atomic E-state index is 0.257. The van der Waals surface area contributed by atoms with Gasteiger partial charge in [0.05, 0.1) is 5.69 Å². The van der Waals surface area contributed by atoms with Crippen LogP contribution in [0.5, 0.6) is 0 Å². The van der Waals surface area contributed by atoms with E-state index in [-0.39, 0.29) is 5.82 Å². The molecule has 6 heteroatoms. The summed E-state index contributed by atoms with van der Waals surface area (Å²) in [6, 6.07) is 13.5. The number of halogens is 1. The molecule has 1 aromatic carbocycles.